The molecular weight excluding hydrogens is 412 g/mol. The zero-order chi connectivity index (χ0) is 22.9. The highest BCUT2D eigenvalue weighted by atomic mass is 16.6. The Morgan fingerprint density at radius 1 is 0.677 bits per heavy atom. The van der Waals surface area contributed by atoms with Crippen molar-refractivity contribution >= 4 is 45.8 Å². The van der Waals surface area contributed by atoms with Crippen LogP contribution < -0.4 is 24.4 Å². The molecule has 0 fully saturated rings. The monoisotopic (exact) mass is 428 g/mol. The van der Waals surface area contributed by atoms with Crippen molar-refractivity contribution in [2.24, 2.45) is 0 Å². The average molecular weight is 428 g/mol. The molecule has 3 rings (SSSR count). The zero-order valence-electron chi connectivity index (χ0n) is 16.9. The molecule has 0 saturated heterocycles. The van der Waals surface area contributed by atoms with E-state index in [1.165, 1.54) is 31.2 Å². The Bertz CT molecular complexity index is 1320. The predicted octanol–water partition coefficient (Wildman–Crippen LogP) is 2.65. The van der Waals surface area contributed by atoms with Crippen LogP contribution in [0.4, 0.5) is 0 Å². The highest BCUT2D eigenvalue weighted by Crippen LogP contribution is 2.38. The van der Waals surface area contributed by atoms with Gasteiger partial charge in [0.15, 0.2) is 11.5 Å². The summed E-state index contributed by atoms with van der Waals surface area (Å²) < 4.78 is 26.0. The summed E-state index contributed by atoms with van der Waals surface area (Å²) in [5.74, 6) is -3.61. The number of ether oxygens (including phenoxy) is 4. The van der Waals surface area contributed by atoms with Crippen molar-refractivity contribution in [2.45, 2.75) is 27.7 Å². The fourth-order valence-electron chi connectivity index (χ4n) is 2.90. The maximum Gasteiger partial charge on any atom is 0.308 e. The Balaban J connectivity index is 2.44. The van der Waals surface area contributed by atoms with Crippen molar-refractivity contribution in [3.63, 3.8) is 0 Å². The van der Waals surface area contributed by atoms with E-state index in [1.54, 1.807) is 0 Å². The maximum atomic E-state index is 13.4. The van der Waals surface area contributed by atoms with Gasteiger partial charge in [-0.05, 0) is 12.1 Å². The summed E-state index contributed by atoms with van der Waals surface area (Å²) in [5, 5.41) is -0.387. The number of hydrogen-bond donors (Lipinski definition) is 0. The van der Waals surface area contributed by atoms with Gasteiger partial charge in [0.2, 0.25) is 5.43 Å². The molecular formula is C21H16O10. The number of hydrogen-bond acceptors (Lipinski definition) is 10. The summed E-state index contributed by atoms with van der Waals surface area (Å²) in [7, 11) is 0. The van der Waals surface area contributed by atoms with Crippen LogP contribution in [-0.4, -0.2) is 23.9 Å². The first-order valence-electron chi connectivity index (χ1n) is 8.88. The second kappa shape index (κ2) is 8.27. The minimum absolute atomic E-state index is 0.0154. The first-order chi connectivity index (χ1) is 14.6. The quantitative estimate of drug-likeness (QED) is 0.346. The third-order valence-electron chi connectivity index (χ3n) is 3.81. The number of carbonyl (C=O) groups excluding carboxylic acids is 4. The number of carbonyl (C=O) groups is 4. The lowest BCUT2D eigenvalue weighted by Gasteiger charge is -2.13. The predicted molar refractivity (Wildman–Crippen MR) is 105 cm³/mol. The van der Waals surface area contributed by atoms with Gasteiger partial charge >= 0.3 is 23.9 Å². The normalized spacial score (nSPS) is 10.6. The first kappa shape index (κ1) is 21.5. The molecule has 10 heteroatoms. The summed E-state index contributed by atoms with van der Waals surface area (Å²) in [4.78, 5) is 59.3. The Morgan fingerprint density at radius 3 is 1.84 bits per heavy atom. The molecule has 10 nitrogen and oxygen atoms in total. The number of fused-ring (bicyclic) bond motifs is 2. The van der Waals surface area contributed by atoms with Crippen molar-refractivity contribution in [3.05, 3.63) is 34.5 Å². The Morgan fingerprint density at radius 2 is 1.26 bits per heavy atom. The highest BCUT2D eigenvalue weighted by molar-refractivity contribution is 5.99. The lowest BCUT2D eigenvalue weighted by Crippen LogP contribution is -2.13. The van der Waals surface area contributed by atoms with E-state index in [0.29, 0.717) is 0 Å². The average Bonchev–Trinajstić information content (AvgIpc) is 2.61. The molecule has 0 atom stereocenters. The third kappa shape index (κ3) is 4.53. The van der Waals surface area contributed by atoms with Gasteiger partial charge in [-0.1, -0.05) is 0 Å². The van der Waals surface area contributed by atoms with Gasteiger partial charge < -0.3 is 23.4 Å². The van der Waals surface area contributed by atoms with Crippen molar-refractivity contribution in [1.29, 1.82) is 0 Å². The molecule has 160 valence electrons. The fraction of sp³-hybridized carbons (Fsp3) is 0.190. The van der Waals surface area contributed by atoms with Crippen molar-refractivity contribution in [2.75, 3.05) is 0 Å². The SMILES string of the molecule is CC(=O)Oc1cc(OC(C)=O)c2c(=O)c3c(OC(C)=O)c(OC(C)=O)ccc3oc2c1. The zero-order valence-corrected chi connectivity index (χ0v) is 16.9. The molecule has 0 bridgehead atoms. The van der Waals surface area contributed by atoms with Gasteiger partial charge in [0.1, 0.15) is 33.4 Å². The Hall–Kier alpha value is -4.21. The fourth-order valence-corrected chi connectivity index (χ4v) is 2.90. The van der Waals surface area contributed by atoms with Crippen LogP contribution in [0.25, 0.3) is 21.9 Å². The van der Waals surface area contributed by atoms with Gasteiger partial charge in [0.25, 0.3) is 0 Å². The van der Waals surface area contributed by atoms with Crippen LogP contribution in [-0.2, 0) is 19.2 Å². The second-order valence-electron chi connectivity index (χ2n) is 6.37. The molecule has 0 aliphatic carbocycles. The summed E-state index contributed by atoms with van der Waals surface area (Å²) >= 11 is 0. The van der Waals surface area contributed by atoms with Gasteiger partial charge in [-0.3, -0.25) is 24.0 Å². The summed E-state index contributed by atoms with van der Waals surface area (Å²) in [5.41, 5.74) is -0.799. The standard InChI is InChI=1S/C21H16O10/c1-9(22)27-13-7-16(29-11(3)24)18-17(8-13)31-14-5-6-15(28-10(2)23)21(30-12(4)25)19(14)20(18)26/h5-8H,1-4H3. The van der Waals surface area contributed by atoms with Crippen molar-refractivity contribution in [3.8, 4) is 23.0 Å². The van der Waals surface area contributed by atoms with E-state index in [1.807, 2.05) is 0 Å². The van der Waals surface area contributed by atoms with E-state index in [2.05, 4.69) is 0 Å². The molecule has 0 aliphatic rings. The lowest BCUT2D eigenvalue weighted by molar-refractivity contribution is -0.134. The van der Waals surface area contributed by atoms with E-state index in [0.717, 1.165) is 20.8 Å². The lowest BCUT2D eigenvalue weighted by atomic mass is 10.1. The van der Waals surface area contributed by atoms with E-state index in [9.17, 15) is 24.0 Å². The molecule has 1 aromatic heterocycles. The van der Waals surface area contributed by atoms with Crippen LogP contribution in [0, 0.1) is 0 Å². The molecule has 0 N–H and O–H groups in total. The largest absolute Gasteiger partial charge is 0.455 e. The van der Waals surface area contributed by atoms with Gasteiger partial charge in [-0.25, -0.2) is 0 Å². The number of rotatable bonds is 4. The molecule has 2 aromatic carbocycles. The summed E-state index contributed by atoms with van der Waals surface area (Å²) in [6.45, 7) is 4.54. The Labute approximate surface area is 174 Å². The van der Waals surface area contributed by atoms with Crippen molar-refractivity contribution in [1.82, 2.24) is 0 Å². The minimum Gasteiger partial charge on any atom is -0.455 e. The molecule has 31 heavy (non-hydrogen) atoms. The van der Waals surface area contributed by atoms with Crippen LogP contribution in [0.5, 0.6) is 23.0 Å². The number of benzene rings is 2. The number of esters is 4. The molecule has 0 aliphatic heterocycles. The van der Waals surface area contributed by atoms with E-state index in [-0.39, 0.29) is 44.9 Å². The maximum absolute atomic E-state index is 13.4. The molecule has 0 spiro atoms. The van der Waals surface area contributed by atoms with Crippen molar-refractivity contribution < 1.29 is 42.5 Å². The van der Waals surface area contributed by atoms with E-state index < -0.39 is 29.3 Å². The van der Waals surface area contributed by atoms with Gasteiger partial charge in [0, 0.05) is 39.8 Å². The highest BCUT2D eigenvalue weighted by Gasteiger charge is 2.23. The van der Waals surface area contributed by atoms with Gasteiger partial charge in [-0.15, -0.1) is 0 Å². The van der Waals surface area contributed by atoms with Crippen LogP contribution in [0.3, 0.4) is 0 Å². The first-order valence-corrected chi connectivity index (χ1v) is 8.88. The van der Waals surface area contributed by atoms with Gasteiger partial charge in [0.05, 0.1) is 0 Å². The third-order valence-corrected chi connectivity index (χ3v) is 3.81. The summed E-state index contributed by atoms with van der Waals surface area (Å²) in [6, 6.07) is 5.08. The molecule has 3 aromatic rings. The smallest absolute Gasteiger partial charge is 0.308 e. The van der Waals surface area contributed by atoms with Crippen LogP contribution in [0.15, 0.2) is 33.5 Å². The second-order valence-corrected chi connectivity index (χ2v) is 6.37. The molecule has 0 radical (unpaired) electrons. The van der Waals surface area contributed by atoms with E-state index >= 15 is 0 Å². The van der Waals surface area contributed by atoms with Crippen LogP contribution in [0.2, 0.25) is 0 Å². The van der Waals surface area contributed by atoms with Gasteiger partial charge in [-0.2, -0.15) is 0 Å². The Kier molecular flexibility index (Phi) is 5.73. The molecule has 1 heterocycles. The van der Waals surface area contributed by atoms with E-state index in [4.69, 9.17) is 23.4 Å². The topological polar surface area (TPSA) is 135 Å². The molecule has 0 saturated carbocycles. The molecule has 0 unspecified atom stereocenters. The van der Waals surface area contributed by atoms with Crippen LogP contribution >= 0.6 is 0 Å². The molecule has 0 amide bonds. The van der Waals surface area contributed by atoms with Crippen LogP contribution in [0.1, 0.15) is 27.7 Å². The minimum atomic E-state index is -0.772. The summed E-state index contributed by atoms with van der Waals surface area (Å²) in [6.07, 6.45) is 0.